The van der Waals surface area contributed by atoms with Crippen molar-refractivity contribution in [3.63, 3.8) is 0 Å². The lowest BCUT2D eigenvalue weighted by atomic mass is 10.0. The first-order valence-electron chi connectivity index (χ1n) is 12.3. The Morgan fingerprint density at radius 3 is 2.37 bits per heavy atom. The van der Waals surface area contributed by atoms with E-state index in [-0.39, 0.29) is 17.2 Å². The van der Waals surface area contributed by atoms with Gasteiger partial charge >= 0.3 is 0 Å². The van der Waals surface area contributed by atoms with E-state index in [9.17, 15) is 13.2 Å². The molecule has 0 radical (unpaired) electrons. The van der Waals surface area contributed by atoms with E-state index in [1.54, 1.807) is 12.1 Å². The predicted octanol–water partition coefficient (Wildman–Crippen LogP) is 4.03. The fraction of sp³-hybridized carbons (Fsp3) is 0.370. The zero-order valence-electron chi connectivity index (χ0n) is 19.8. The molecule has 3 aromatic carbocycles. The summed E-state index contributed by atoms with van der Waals surface area (Å²) in [4.78, 5) is 15.5. The van der Waals surface area contributed by atoms with Gasteiger partial charge in [-0.1, -0.05) is 42.5 Å². The van der Waals surface area contributed by atoms with Crippen LogP contribution < -0.4 is 10.2 Å². The van der Waals surface area contributed by atoms with Crippen molar-refractivity contribution in [3.8, 4) is 0 Å². The van der Waals surface area contributed by atoms with E-state index >= 15 is 0 Å². The lowest BCUT2D eigenvalue weighted by Crippen LogP contribution is -2.40. The monoisotopic (exact) mass is 493 g/mol. The highest BCUT2D eigenvalue weighted by Gasteiger charge is 2.28. The van der Waals surface area contributed by atoms with Crippen LogP contribution in [0.3, 0.4) is 0 Å². The maximum Gasteiger partial charge on any atom is 0.243 e. The number of ether oxygens (including phenoxy) is 1. The van der Waals surface area contributed by atoms with Crippen LogP contribution >= 0.6 is 0 Å². The maximum atomic E-state index is 13.3. The van der Waals surface area contributed by atoms with Crippen LogP contribution in [0.2, 0.25) is 0 Å². The van der Waals surface area contributed by atoms with Crippen LogP contribution in [0.1, 0.15) is 24.8 Å². The molecular weight excluding hydrogens is 462 g/mol. The molecule has 0 aliphatic carbocycles. The Kier molecular flexibility index (Phi) is 7.04. The van der Waals surface area contributed by atoms with Gasteiger partial charge in [-0.25, -0.2) is 8.42 Å². The van der Waals surface area contributed by atoms with Crippen LogP contribution in [0.4, 0.5) is 11.4 Å². The molecule has 0 spiro atoms. The zero-order chi connectivity index (χ0) is 24.3. The van der Waals surface area contributed by atoms with E-state index < -0.39 is 10.0 Å². The van der Waals surface area contributed by atoms with Gasteiger partial charge in [0.25, 0.3) is 0 Å². The summed E-state index contributed by atoms with van der Waals surface area (Å²) in [5.74, 6) is -0.167. The van der Waals surface area contributed by atoms with E-state index in [2.05, 4.69) is 10.2 Å². The molecule has 184 valence electrons. The standard InChI is InChI=1S/C27H31N3O4S/c31-27(19-21-8-9-22-6-2-3-7-23(22)18-21)28-25-20-24(35(32,33)30-14-16-34-17-15-30)10-11-26(25)29-12-4-1-5-13-29/h2-3,6-11,18,20H,1,4-5,12-17,19H2,(H,28,31). The summed E-state index contributed by atoms with van der Waals surface area (Å²) in [6.45, 7) is 3.23. The van der Waals surface area contributed by atoms with Gasteiger partial charge in [0.05, 0.1) is 35.9 Å². The molecule has 35 heavy (non-hydrogen) atoms. The summed E-state index contributed by atoms with van der Waals surface area (Å²) >= 11 is 0. The molecule has 0 unspecified atom stereocenters. The number of hydrogen-bond acceptors (Lipinski definition) is 5. The van der Waals surface area contributed by atoms with Gasteiger partial charge < -0.3 is 15.0 Å². The van der Waals surface area contributed by atoms with Crippen molar-refractivity contribution in [3.05, 3.63) is 66.2 Å². The highest BCUT2D eigenvalue weighted by molar-refractivity contribution is 7.89. The zero-order valence-corrected chi connectivity index (χ0v) is 20.6. The van der Waals surface area contributed by atoms with E-state index in [0.29, 0.717) is 32.0 Å². The number of hydrogen-bond donors (Lipinski definition) is 1. The number of morpholine rings is 1. The average molecular weight is 494 g/mol. The minimum atomic E-state index is -3.67. The molecule has 1 N–H and O–H groups in total. The topological polar surface area (TPSA) is 79.0 Å². The van der Waals surface area contributed by atoms with E-state index in [4.69, 9.17) is 4.74 Å². The molecule has 5 rings (SSSR count). The molecule has 2 aliphatic rings. The second kappa shape index (κ2) is 10.4. The molecule has 0 saturated carbocycles. The second-order valence-electron chi connectivity index (χ2n) is 9.15. The quantitative estimate of drug-likeness (QED) is 0.561. The number of rotatable bonds is 6. The van der Waals surface area contributed by atoms with Crippen molar-refractivity contribution >= 4 is 38.1 Å². The molecule has 2 saturated heterocycles. The Morgan fingerprint density at radius 1 is 0.857 bits per heavy atom. The van der Waals surface area contributed by atoms with Crippen molar-refractivity contribution in [2.24, 2.45) is 0 Å². The van der Waals surface area contributed by atoms with Crippen molar-refractivity contribution in [1.29, 1.82) is 0 Å². The third-order valence-corrected chi connectivity index (χ3v) is 8.62. The smallest absolute Gasteiger partial charge is 0.243 e. The predicted molar refractivity (Wildman–Crippen MR) is 138 cm³/mol. The van der Waals surface area contributed by atoms with Crippen molar-refractivity contribution in [1.82, 2.24) is 4.31 Å². The highest BCUT2D eigenvalue weighted by Crippen LogP contribution is 2.32. The summed E-state index contributed by atoms with van der Waals surface area (Å²) in [5, 5.41) is 5.25. The van der Waals surface area contributed by atoms with Crippen LogP contribution in [-0.2, 0) is 26.0 Å². The number of fused-ring (bicyclic) bond motifs is 1. The normalized spacial score (nSPS) is 17.4. The fourth-order valence-corrected chi connectivity index (χ4v) is 6.29. The largest absolute Gasteiger partial charge is 0.379 e. The molecule has 0 atom stereocenters. The molecule has 2 aliphatic heterocycles. The first-order chi connectivity index (χ1) is 17.0. The van der Waals surface area contributed by atoms with Crippen molar-refractivity contribution in [2.75, 3.05) is 49.6 Å². The summed E-state index contributed by atoms with van der Waals surface area (Å²) in [6, 6.07) is 19.2. The third kappa shape index (κ3) is 5.34. The van der Waals surface area contributed by atoms with Crippen LogP contribution in [-0.4, -0.2) is 58.0 Å². The first-order valence-corrected chi connectivity index (χ1v) is 13.7. The second-order valence-corrected chi connectivity index (χ2v) is 11.1. The summed E-state index contributed by atoms with van der Waals surface area (Å²) < 4.78 is 33.3. The van der Waals surface area contributed by atoms with Gasteiger partial charge in [0.2, 0.25) is 15.9 Å². The first kappa shape index (κ1) is 23.8. The molecule has 0 aromatic heterocycles. The van der Waals surface area contributed by atoms with Crippen molar-refractivity contribution in [2.45, 2.75) is 30.6 Å². The Bertz CT molecular complexity index is 1310. The van der Waals surface area contributed by atoms with Gasteiger partial charge in [-0.3, -0.25) is 4.79 Å². The lowest BCUT2D eigenvalue weighted by molar-refractivity contribution is -0.115. The maximum absolute atomic E-state index is 13.3. The summed E-state index contributed by atoms with van der Waals surface area (Å²) in [7, 11) is -3.67. The summed E-state index contributed by atoms with van der Waals surface area (Å²) in [6.07, 6.45) is 3.56. The molecule has 1 amide bonds. The summed E-state index contributed by atoms with van der Waals surface area (Å²) in [5.41, 5.74) is 2.34. The fourth-order valence-electron chi connectivity index (χ4n) is 4.85. The molecule has 2 heterocycles. The van der Waals surface area contributed by atoms with Crippen LogP contribution in [0, 0.1) is 0 Å². The SMILES string of the molecule is O=C(Cc1ccc2ccccc2c1)Nc1cc(S(=O)(=O)N2CCOCC2)ccc1N1CCCCC1. The molecule has 0 bridgehead atoms. The Balaban J connectivity index is 1.42. The van der Waals surface area contributed by atoms with Crippen LogP contribution in [0.5, 0.6) is 0 Å². The van der Waals surface area contributed by atoms with E-state index in [1.165, 1.54) is 10.7 Å². The highest BCUT2D eigenvalue weighted by atomic mass is 32.2. The molecule has 8 heteroatoms. The Hall–Kier alpha value is -2.94. The molecular formula is C27H31N3O4S. The van der Waals surface area contributed by atoms with Gasteiger partial charge in [-0.05, 0) is 53.8 Å². The minimum Gasteiger partial charge on any atom is -0.379 e. The molecule has 2 fully saturated rings. The van der Waals surface area contributed by atoms with Gasteiger partial charge in [0.15, 0.2) is 0 Å². The number of benzene rings is 3. The van der Waals surface area contributed by atoms with Gasteiger partial charge in [0, 0.05) is 26.2 Å². The number of sulfonamides is 1. The van der Waals surface area contributed by atoms with Crippen LogP contribution in [0.25, 0.3) is 10.8 Å². The van der Waals surface area contributed by atoms with Gasteiger partial charge in [-0.15, -0.1) is 0 Å². The lowest BCUT2D eigenvalue weighted by Gasteiger charge is -2.31. The van der Waals surface area contributed by atoms with Crippen LogP contribution in [0.15, 0.2) is 65.6 Å². The minimum absolute atomic E-state index is 0.167. The number of carbonyl (C=O) groups is 1. The molecule has 7 nitrogen and oxygen atoms in total. The number of nitrogens with zero attached hydrogens (tertiary/aromatic N) is 2. The number of anilines is 2. The average Bonchev–Trinajstić information content (AvgIpc) is 2.89. The van der Waals surface area contributed by atoms with E-state index in [1.807, 2.05) is 48.5 Å². The number of nitrogens with one attached hydrogen (secondary N) is 1. The Morgan fingerprint density at radius 2 is 1.60 bits per heavy atom. The van der Waals surface area contributed by atoms with Gasteiger partial charge in [-0.2, -0.15) is 4.31 Å². The third-order valence-electron chi connectivity index (χ3n) is 6.73. The Labute approximate surface area is 206 Å². The molecule has 3 aromatic rings. The number of carbonyl (C=O) groups excluding carboxylic acids is 1. The van der Waals surface area contributed by atoms with E-state index in [0.717, 1.165) is 48.0 Å². The number of amides is 1. The number of piperidine rings is 1. The van der Waals surface area contributed by atoms with Crippen molar-refractivity contribution < 1.29 is 17.9 Å². The van der Waals surface area contributed by atoms with Gasteiger partial charge in [0.1, 0.15) is 0 Å².